The number of aromatic carboxylic acids is 1. The second-order valence-electron chi connectivity index (χ2n) is 4.03. The van der Waals surface area contributed by atoms with Crippen LogP contribution in [0.15, 0.2) is 18.2 Å². The second-order valence-corrected chi connectivity index (χ2v) is 4.03. The van der Waals surface area contributed by atoms with Gasteiger partial charge in [-0.2, -0.15) is 0 Å². The summed E-state index contributed by atoms with van der Waals surface area (Å²) < 4.78 is 0. The van der Waals surface area contributed by atoms with Crippen molar-refractivity contribution in [1.29, 1.82) is 0 Å². The number of carbonyl (C=O) groups is 1. The molecule has 4 heteroatoms. The molecule has 3 N–H and O–H groups in total. The first-order valence-electron chi connectivity index (χ1n) is 5.53. The van der Waals surface area contributed by atoms with Gasteiger partial charge in [0.15, 0.2) is 0 Å². The van der Waals surface area contributed by atoms with Crippen molar-refractivity contribution >= 4 is 11.7 Å². The molecule has 0 saturated heterocycles. The van der Waals surface area contributed by atoms with E-state index in [0.29, 0.717) is 12.1 Å². The molecule has 1 aliphatic rings. The Labute approximate surface area is 94.7 Å². The number of rotatable bonds is 4. The van der Waals surface area contributed by atoms with E-state index in [2.05, 4.69) is 4.90 Å². The molecule has 0 saturated carbocycles. The summed E-state index contributed by atoms with van der Waals surface area (Å²) in [5, 5.41) is 8.94. The molecule has 0 bridgehead atoms. The SMILES string of the molecule is NCCCN1CCc2ccc(C(=O)O)cc21. The highest BCUT2D eigenvalue weighted by atomic mass is 16.4. The van der Waals surface area contributed by atoms with Crippen LogP contribution in [0.5, 0.6) is 0 Å². The third-order valence-corrected chi connectivity index (χ3v) is 2.96. The number of carboxylic acid groups (broad SMARTS) is 1. The van der Waals surface area contributed by atoms with Crippen molar-refractivity contribution in [2.75, 3.05) is 24.5 Å². The Hall–Kier alpha value is -1.55. The van der Waals surface area contributed by atoms with E-state index in [1.54, 1.807) is 12.1 Å². The van der Waals surface area contributed by atoms with Crippen LogP contribution in [0.2, 0.25) is 0 Å². The highest BCUT2D eigenvalue weighted by Crippen LogP contribution is 2.28. The molecule has 16 heavy (non-hydrogen) atoms. The smallest absolute Gasteiger partial charge is 0.335 e. The molecule has 0 fully saturated rings. The van der Waals surface area contributed by atoms with Gasteiger partial charge in [-0.15, -0.1) is 0 Å². The van der Waals surface area contributed by atoms with Crippen LogP contribution in [0.3, 0.4) is 0 Å². The van der Waals surface area contributed by atoms with Gasteiger partial charge in [0.05, 0.1) is 5.56 Å². The zero-order chi connectivity index (χ0) is 11.5. The van der Waals surface area contributed by atoms with Gasteiger partial charge >= 0.3 is 5.97 Å². The summed E-state index contributed by atoms with van der Waals surface area (Å²) in [6, 6.07) is 5.36. The topological polar surface area (TPSA) is 66.6 Å². The monoisotopic (exact) mass is 220 g/mol. The number of fused-ring (bicyclic) bond motifs is 1. The molecule has 4 nitrogen and oxygen atoms in total. The minimum absolute atomic E-state index is 0.360. The van der Waals surface area contributed by atoms with Crippen LogP contribution < -0.4 is 10.6 Å². The molecule has 0 unspecified atom stereocenters. The molecule has 1 heterocycles. The maximum atomic E-state index is 10.9. The lowest BCUT2D eigenvalue weighted by Gasteiger charge is -2.19. The summed E-state index contributed by atoms with van der Waals surface area (Å²) in [4.78, 5) is 13.1. The van der Waals surface area contributed by atoms with E-state index in [4.69, 9.17) is 10.8 Å². The predicted molar refractivity (Wildman–Crippen MR) is 63.0 cm³/mol. The predicted octanol–water partition coefficient (Wildman–Crippen LogP) is 1.10. The van der Waals surface area contributed by atoms with E-state index in [1.165, 1.54) is 5.56 Å². The van der Waals surface area contributed by atoms with Crippen molar-refractivity contribution in [2.24, 2.45) is 5.73 Å². The van der Waals surface area contributed by atoms with Crippen LogP contribution in [0, 0.1) is 0 Å². The Morgan fingerprint density at radius 3 is 3.00 bits per heavy atom. The highest BCUT2D eigenvalue weighted by molar-refractivity contribution is 5.89. The first kappa shape index (κ1) is 11.0. The van der Waals surface area contributed by atoms with Gasteiger partial charge in [-0.1, -0.05) is 6.07 Å². The van der Waals surface area contributed by atoms with Crippen LogP contribution in [-0.2, 0) is 6.42 Å². The number of anilines is 1. The number of hydrogen-bond acceptors (Lipinski definition) is 3. The van der Waals surface area contributed by atoms with E-state index in [1.807, 2.05) is 6.07 Å². The van der Waals surface area contributed by atoms with Gasteiger partial charge in [-0.3, -0.25) is 0 Å². The number of nitrogens with two attached hydrogens (primary N) is 1. The minimum Gasteiger partial charge on any atom is -0.478 e. The van der Waals surface area contributed by atoms with Gasteiger partial charge in [-0.05, 0) is 37.1 Å². The van der Waals surface area contributed by atoms with Crippen molar-refractivity contribution in [2.45, 2.75) is 12.8 Å². The summed E-state index contributed by atoms with van der Waals surface area (Å²) >= 11 is 0. The zero-order valence-electron chi connectivity index (χ0n) is 9.15. The molecule has 86 valence electrons. The third kappa shape index (κ3) is 2.02. The second kappa shape index (κ2) is 4.53. The van der Waals surface area contributed by atoms with Crippen molar-refractivity contribution in [1.82, 2.24) is 0 Å². The first-order chi connectivity index (χ1) is 7.72. The van der Waals surface area contributed by atoms with Gasteiger partial charge in [0.25, 0.3) is 0 Å². The van der Waals surface area contributed by atoms with Crippen molar-refractivity contribution in [3.8, 4) is 0 Å². The fraction of sp³-hybridized carbons (Fsp3) is 0.417. The lowest BCUT2D eigenvalue weighted by molar-refractivity contribution is 0.0697. The number of nitrogens with zero attached hydrogens (tertiary/aromatic N) is 1. The molecule has 0 atom stereocenters. The van der Waals surface area contributed by atoms with Gasteiger partial charge in [0.1, 0.15) is 0 Å². The van der Waals surface area contributed by atoms with Crippen LogP contribution in [0.25, 0.3) is 0 Å². The Kier molecular flexibility index (Phi) is 3.10. The maximum Gasteiger partial charge on any atom is 0.335 e. The summed E-state index contributed by atoms with van der Waals surface area (Å²) in [5.74, 6) is -0.867. The van der Waals surface area contributed by atoms with Gasteiger partial charge in [-0.25, -0.2) is 4.79 Å². The minimum atomic E-state index is -0.867. The quantitative estimate of drug-likeness (QED) is 0.797. The molecule has 0 amide bonds. The normalized spacial score (nSPS) is 13.9. The van der Waals surface area contributed by atoms with Crippen molar-refractivity contribution in [3.63, 3.8) is 0 Å². The van der Waals surface area contributed by atoms with Crippen molar-refractivity contribution in [3.05, 3.63) is 29.3 Å². The highest BCUT2D eigenvalue weighted by Gasteiger charge is 2.19. The molecular weight excluding hydrogens is 204 g/mol. The third-order valence-electron chi connectivity index (χ3n) is 2.96. The Balaban J connectivity index is 2.22. The fourth-order valence-electron chi connectivity index (χ4n) is 2.09. The summed E-state index contributed by atoms with van der Waals surface area (Å²) in [5.41, 5.74) is 8.14. The van der Waals surface area contributed by atoms with Gasteiger partial charge in [0, 0.05) is 18.8 Å². The lowest BCUT2D eigenvalue weighted by Crippen LogP contribution is -2.23. The van der Waals surface area contributed by atoms with Gasteiger partial charge < -0.3 is 15.7 Å². The van der Waals surface area contributed by atoms with E-state index in [-0.39, 0.29) is 0 Å². The number of benzene rings is 1. The Bertz CT molecular complexity index is 404. The van der Waals surface area contributed by atoms with Crippen LogP contribution in [0.1, 0.15) is 22.3 Å². The summed E-state index contributed by atoms with van der Waals surface area (Å²) in [6.45, 7) is 2.55. The van der Waals surface area contributed by atoms with Crippen molar-refractivity contribution < 1.29 is 9.90 Å². The Morgan fingerprint density at radius 2 is 2.31 bits per heavy atom. The number of hydrogen-bond donors (Lipinski definition) is 2. The average molecular weight is 220 g/mol. The largest absolute Gasteiger partial charge is 0.478 e. The Morgan fingerprint density at radius 1 is 1.50 bits per heavy atom. The van der Waals surface area contributed by atoms with E-state index in [0.717, 1.165) is 31.6 Å². The fourth-order valence-corrected chi connectivity index (χ4v) is 2.09. The number of carboxylic acids is 1. The molecule has 2 rings (SSSR count). The van der Waals surface area contributed by atoms with Crippen LogP contribution in [-0.4, -0.2) is 30.7 Å². The zero-order valence-corrected chi connectivity index (χ0v) is 9.15. The van der Waals surface area contributed by atoms with Gasteiger partial charge in [0.2, 0.25) is 0 Å². The van der Waals surface area contributed by atoms with E-state index >= 15 is 0 Å². The first-order valence-corrected chi connectivity index (χ1v) is 5.53. The van der Waals surface area contributed by atoms with E-state index < -0.39 is 5.97 Å². The van der Waals surface area contributed by atoms with Crippen LogP contribution in [0.4, 0.5) is 5.69 Å². The molecule has 1 aromatic carbocycles. The molecule has 1 aliphatic heterocycles. The summed E-state index contributed by atoms with van der Waals surface area (Å²) in [6.07, 6.45) is 1.94. The molecule has 0 radical (unpaired) electrons. The molecule has 0 aliphatic carbocycles. The maximum absolute atomic E-state index is 10.9. The molecular formula is C12H16N2O2. The van der Waals surface area contributed by atoms with Crippen LogP contribution >= 0.6 is 0 Å². The molecule has 0 aromatic heterocycles. The molecule has 1 aromatic rings. The lowest BCUT2D eigenvalue weighted by atomic mass is 10.1. The molecule has 0 spiro atoms. The van der Waals surface area contributed by atoms with E-state index in [9.17, 15) is 4.79 Å². The average Bonchev–Trinajstić information content (AvgIpc) is 2.68. The standard InChI is InChI=1S/C12H16N2O2/c13-5-1-6-14-7-4-9-2-3-10(12(15)16)8-11(9)14/h2-3,8H,1,4-7,13H2,(H,15,16). The summed E-state index contributed by atoms with van der Waals surface area (Å²) in [7, 11) is 0.